The first-order chi connectivity index (χ1) is 17.1. The van der Waals surface area contributed by atoms with E-state index < -0.39 is 0 Å². The van der Waals surface area contributed by atoms with Crippen molar-refractivity contribution in [1.29, 1.82) is 0 Å². The molecule has 4 aromatic carbocycles. The Balaban J connectivity index is 1.49. The number of aryl methyl sites for hydroxylation is 1. The molecule has 35 heavy (non-hydrogen) atoms. The van der Waals surface area contributed by atoms with Crippen molar-refractivity contribution >= 4 is 5.91 Å². The van der Waals surface area contributed by atoms with Crippen LogP contribution in [0.3, 0.4) is 0 Å². The predicted molar refractivity (Wildman–Crippen MR) is 145 cm³/mol. The van der Waals surface area contributed by atoms with Gasteiger partial charge in [0.15, 0.2) is 0 Å². The Kier molecular flexibility index (Phi) is 6.78. The Bertz CT molecular complexity index is 1290. The van der Waals surface area contributed by atoms with Crippen LogP contribution in [-0.4, -0.2) is 37.0 Å². The third kappa shape index (κ3) is 5.21. The van der Waals surface area contributed by atoms with Crippen LogP contribution in [0.1, 0.15) is 33.5 Å². The summed E-state index contributed by atoms with van der Waals surface area (Å²) in [6.45, 7) is 3.67. The summed E-state index contributed by atoms with van der Waals surface area (Å²) in [5.74, 6) is 0.111. The maximum atomic E-state index is 13.3. The van der Waals surface area contributed by atoms with Crippen LogP contribution in [0.4, 0.5) is 0 Å². The van der Waals surface area contributed by atoms with Gasteiger partial charge >= 0.3 is 0 Å². The van der Waals surface area contributed by atoms with Gasteiger partial charge in [0.05, 0.1) is 0 Å². The number of hydrogen-bond donors (Lipinski definition) is 1. The summed E-state index contributed by atoms with van der Waals surface area (Å²) in [6, 6.07) is 34.5. The van der Waals surface area contributed by atoms with Gasteiger partial charge in [0, 0.05) is 24.7 Å². The van der Waals surface area contributed by atoms with Crippen molar-refractivity contribution < 1.29 is 4.79 Å². The lowest BCUT2D eigenvalue weighted by molar-refractivity contribution is 0.0790. The first-order valence-electron chi connectivity index (χ1n) is 12.4. The van der Waals surface area contributed by atoms with Crippen LogP contribution in [0.5, 0.6) is 0 Å². The van der Waals surface area contributed by atoms with E-state index in [1.165, 1.54) is 16.7 Å². The average molecular weight is 461 g/mol. The third-order valence-corrected chi connectivity index (χ3v) is 7.03. The smallest absolute Gasteiger partial charge is 0.253 e. The zero-order chi connectivity index (χ0) is 24.2. The molecule has 3 heteroatoms. The van der Waals surface area contributed by atoms with Gasteiger partial charge in [-0.1, -0.05) is 90.5 Å². The molecular formula is C32H32N2O. The zero-order valence-electron chi connectivity index (χ0n) is 20.5. The van der Waals surface area contributed by atoms with Crippen molar-refractivity contribution in [2.75, 3.05) is 20.1 Å². The number of carbonyl (C=O) groups is 1. The molecule has 0 aromatic heterocycles. The van der Waals surface area contributed by atoms with Crippen molar-refractivity contribution in [3.8, 4) is 22.3 Å². The minimum atomic E-state index is 0.111. The lowest BCUT2D eigenvalue weighted by atomic mass is 9.91. The second-order valence-electron chi connectivity index (χ2n) is 9.51. The highest BCUT2D eigenvalue weighted by molar-refractivity contribution is 5.98. The Morgan fingerprint density at radius 3 is 2.17 bits per heavy atom. The number of amides is 1. The van der Waals surface area contributed by atoms with E-state index in [0.29, 0.717) is 6.04 Å². The summed E-state index contributed by atoms with van der Waals surface area (Å²) in [4.78, 5) is 15.3. The van der Waals surface area contributed by atoms with Gasteiger partial charge in [-0.15, -0.1) is 0 Å². The molecule has 0 bridgehead atoms. The Hall–Kier alpha value is -3.69. The van der Waals surface area contributed by atoms with Gasteiger partial charge in [-0.2, -0.15) is 0 Å². The summed E-state index contributed by atoms with van der Waals surface area (Å²) in [6.07, 6.45) is 1.91. The molecule has 0 unspecified atom stereocenters. The number of nitrogens with one attached hydrogen (secondary N) is 1. The fraction of sp³-hybridized carbons (Fsp3) is 0.219. The highest BCUT2D eigenvalue weighted by Gasteiger charge is 2.26. The number of nitrogens with zero attached hydrogens (tertiary/aromatic N) is 1. The van der Waals surface area contributed by atoms with E-state index >= 15 is 0 Å². The van der Waals surface area contributed by atoms with Crippen LogP contribution in [0.25, 0.3) is 22.3 Å². The van der Waals surface area contributed by atoms with Crippen molar-refractivity contribution in [3.05, 3.63) is 119 Å². The molecule has 0 saturated carbocycles. The van der Waals surface area contributed by atoms with E-state index in [0.717, 1.165) is 53.7 Å². The van der Waals surface area contributed by atoms with E-state index in [1.54, 1.807) is 0 Å². The molecule has 0 radical (unpaired) electrons. The molecule has 3 nitrogen and oxygen atoms in total. The first-order valence-corrected chi connectivity index (χ1v) is 12.4. The quantitative estimate of drug-likeness (QED) is 0.363. The number of benzene rings is 4. The van der Waals surface area contributed by atoms with Crippen LogP contribution in [0, 0.1) is 6.92 Å². The minimum absolute atomic E-state index is 0.111. The second-order valence-corrected chi connectivity index (χ2v) is 9.51. The van der Waals surface area contributed by atoms with Gasteiger partial charge in [-0.25, -0.2) is 0 Å². The van der Waals surface area contributed by atoms with Crippen molar-refractivity contribution in [2.24, 2.45) is 0 Å². The number of likely N-dealkylation sites (N-methyl/N-ethyl adjacent to an activating group) is 1. The third-order valence-electron chi connectivity index (χ3n) is 7.03. The van der Waals surface area contributed by atoms with Gasteiger partial charge in [0.2, 0.25) is 0 Å². The molecule has 1 aliphatic heterocycles. The van der Waals surface area contributed by atoms with Crippen LogP contribution >= 0.6 is 0 Å². The molecule has 4 aromatic rings. The molecule has 1 atom stereocenters. The largest absolute Gasteiger partial charge is 0.337 e. The molecule has 1 fully saturated rings. The van der Waals surface area contributed by atoms with Gasteiger partial charge < -0.3 is 10.2 Å². The average Bonchev–Trinajstić information content (AvgIpc) is 3.39. The molecule has 0 spiro atoms. The first kappa shape index (κ1) is 23.1. The topological polar surface area (TPSA) is 32.3 Å². The van der Waals surface area contributed by atoms with E-state index in [1.807, 2.05) is 18.0 Å². The number of likely N-dealkylation sites (tertiary alicyclic amines) is 1. The van der Waals surface area contributed by atoms with Crippen molar-refractivity contribution in [3.63, 3.8) is 0 Å². The molecule has 176 valence electrons. The Morgan fingerprint density at radius 2 is 1.49 bits per heavy atom. The summed E-state index contributed by atoms with van der Waals surface area (Å²) >= 11 is 0. The van der Waals surface area contributed by atoms with Crippen LogP contribution in [0.15, 0.2) is 97.1 Å². The molecule has 1 N–H and O–H groups in total. The maximum Gasteiger partial charge on any atom is 0.253 e. The lowest BCUT2D eigenvalue weighted by Crippen LogP contribution is -2.33. The molecule has 1 amide bonds. The number of carbonyl (C=O) groups excluding carboxylic acids is 1. The monoisotopic (exact) mass is 460 g/mol. The maximum absolute atomic E-state index is 13.3. The van der Waals surface area contributed by atoms with E-state index in [-0.39, 0.29) is 5.91 Å². The van der Waals surface area contributed by atoms with Crippen LogP contribution in [0.2, 0.25) is 0 Å². The highest BCUT2D eigenvalue weighted by atomic mass is 16.2. The second kappa shape index (κ2) is 10.3. The number of rotatable bonds is 6. The summed E-state index contributed by atoms with van der Waals surface area (Å²) < 4.78 is 0. The summed E-state index contributed by atoms with van der Waals surface area (Å²) in [5, 5.41) is 3.30. The zero-order valence-corrected chi connectivity index (χ0v) is 20.5. The molecule has 1 heterocycles. The van der Waals surface area contributed by atoms with E-state index in [9.17, 15) is 4.79 Å². The molecular weight excluding hydrogens is 428 g/mol. The summed E-state index contributed by atoms with van der Waals surface area (Å²) in [7, 11) is 1.97. The fourth-order valence-corrected chi connectivity index (χ4v) is 4.90. The predicted octanol–water partition coefficient (Wildman–Crippen LogP) is 6.35. The van der Waals surface area contributed by atoms with Gasteiger partial charge in [0.25, 0.3) is 5.91 Å². The SMILES string of the molecule is CN[C@H]1CCN(C(=O)c2ccc(-c3ccc(C)cc3)c(-c3ccc(Cc4ccccc4)cc3)c2)C1. The highest BCUT2D eigenvalue weighted by Crippen LogP contribution is 2.34. The molecule has 5 rings (SSSR count). The van der Waals surface area contributed by atoms with Crippen LogP contribution < -0.4 is 5.32 Å². The summed E-state index contributed by atoms with van der Waals surface area (Å²) in [5.41, 5.74) is 9.09. The van der Waals surface area contributed by atoms with Crippen molar-refractivity contribution in [2.45, 2.75) is 25.8 Å². The Morgan fingerprint density at radius 1 is 0.829 bits per heavy atom. The Labute approximate surface area is 208 Å². The lowest BCUT2D eigenvalue weighted by Gasteiger charge is -2.18. The van der Waals surface area contributed by atoms with Gasteiger partial charge in [-0.05, 0) is 72.3 Å². The van der Waals surface area contributed by atoms with E-state index in [2.05, 4.69) is 103 Å². The standard InChI is InChI=1S/C32H32N2O/c1-23-8-12-26(13-9-23)30-17-16-28(32(35)34-19-18-29(22-34)33-2)21-31(30)27-14-10-25(11-15-27)20-24-6-4-3-5-7-24/h3-17,21,29,33H,18-20,22H2,1-2H3/t29-/m0/s1. The van der Waals surface area contributed by atoms with E-state index in [4.69, 9.17) is 0 Å². The van der Waals surface area contributed by atoms with Crippen LogP contribution in [-0.2, 0) is 6.42 Å². The van der Waals surface area contributed by atoms with Gasteiger partial charge in [-0.3, -0.25) is 4.79 Å². The minimum Gasteiger partial charge on any atom is -0.337 e. The normalized spacial score (nSPS) is 15.4. The molecule has 1 aliphatic rings. The molecule has 0 aliphatic carbocycles. The van der Waals surface area contributed by atoms with Gasteiger partial charge in [0.1, 0.15) is 0 Å². The number of hydrogen-bond acceptors (Lipinski definition) is 2. The fourth-order valence-electron chi connectivity index (χ4n) is 4.90. The molecule has 1 saturated heterocycles. The van der Waals surface area contributed by atoms with Crippen molar-refractivity contribution in [1.82, 2.24) is 10.2 Å².